The van der Waals surface area contributed by atoms with Crippen molar-refractivity contribution in [3.8, 4) is 0 Å². The first-order valence-corrected chi connectivity index (χ1v) is 6.21. The Morgan fingerprint density at radius 2 is 2.25 bits per heavy atom. The number of H-pyrrole nitrogens is 1. The van der Waals surface area contributed by atoms with Crippen LogP contribution in [0.15, 0.2) is 27.4 Å². The van der Waals surface area contributed by atoms with Crippen LogP contribution in [0.25, 0.3) is 11.1 Å². The van der Waals surface area contributed by atoms with Gasteiger partial charge in [0.2, 0.25) is 0 Å². The Bertz CT molecular complexity index is 660. The van der Waals surface area contributed by atoms with Crippen molar-refractivity contribution in [1.82, 2.24) is 10.3 Å². The van der Waals surface area contributed by atoms with E-state index in [1.807, 2.05) is 0 Å². The van der Waals surface area contributed by atoms with Gasteiger partial charge in [-0.15, -0.1) is 0 Å². The maximum Gasteiger partial charge on any atom is 0.417 e. The highest BCUT2D eigenvalue weighted by Gasteiger charge is 2.21. The van der Waals surface area contributed by atoms with Crippen molar-refractivity contribution < 1.29 is 19.4 Å². The number of carboxylic acid groups (broad SMARTS) is 1. The van der Waals surface area contributed by atoms with Gasteiger partial charge in [-0.3, -0.25) is 9.78 Å². The summed E-state index contributed by atoms with van der Waals surface area (Å²) >= 11 is 0. The van der Waals surface area contributed by atoms with Crippen LogP contribution in [0.5, 0.6) is 0 Å². The molecule has 4 N–H and O–H groups in total. The number of aliphatic carboxylic acids is 1. The van der Waals surface area contributed by atoms with Crippen molar-refractivity contribution in [1.29, 1.82) is 0 Å². The molecule has 1 aromatic heterocycles. The molecule has 2 rings (SSSR count). The smallest absolute Gasteiger partial charge is 0.417 e. The van der Waals surface area contributed by atoms with Crippen molar-refractivity contribution in [2.24, 2.45) is 0 Å². The highest BCUT2D eigenvalue weighted by atomic mass is 16.4. The number of aliphatic hydroxyl groups excluding tert-OH is 1. The number of rotatable bonds is 6. The zero-order valence-corrected chi connectivity index (χ0v) is 10.9. The van der Waals surface area contributed by atoms with Gasteiger partial charge in [-0.05, 0) is 31.2 Å². The first-order valence-electron chi connectivity index (χ1n) is 6.21. The summed E-state index contributed by atoms with van der Waals surface area (Å²) in [6, 6.07) is 4.49. The lowest BCUT2D eigenvalue weighted by Gasteiger charge is -2.22. The number of carboxylic acids is 1. The van der Waals surface area contributed by atoms with Crippen LogP contribution in [0.2, 0.25) is 0 Å². The van der Waals surface area contributed by atoms with Gasteiger partial charge < -0.3 is 19.9 Å². The summed E-state index contributed by atoms with van der Waals surface area (Å²) in [6.45, 7) is 0. The minimum Gasteiger partial charge on any atom is -0.481 e. The van der Waals surface area contributed by atoms with E-state index in [2.05, 4.69) is 10.3 Å². The Labute approximate surface area is 114 Å². The van der Waals surface area contributed by atoms with Gasteiger partial charge in [0.05, 0.1) is 11.6 Å². The largest absolute Gasteiger partial charge is 0.481 e. The number of aromatic amines is 1. The van der Waals surface area contributed by atoms with E-state index < -0.39 is 23.9 Å². The van der Waals surface area contributed by atoms with Crippen LogP contribution in [0.4, 0.5) is 0 Å². The third kappa shape index (κ3) is 3.06. The molecule has 2 aromatic rings. The molecular weight excluding hydrogens is 264 g/mol. The number of aromatic nitrogens is 1. The van der Waals surface area contributed by atoms with Crippen LogP contribution in [-0.2, 0) is 4.79 Å². The number of fused-ring (bicyclic) bond motifs is 1. The van der Waals surface area contributed by atoms with Crippen molar-refractivity contribution in [3.05, 3.63) is 34.3 Å². The molecule has 0 saturated heterocycles. The predicted molar refractivity (Wildman–Crippen MR) is 71.5 cm³/mol. The summed E-state index contributed by atoms with van der Waals surface area (Å²) in [5, 5.41) is 21.9. The molecule has 0 aliphatic rings. The predicted octanol–water partition coefficient (Wildman–Crippen LogP) is 0.607. The number of carbonyl (C=O) groups is 1. The highest BCUT2D eigenvalue weighted by molar-refractivity contribution is 5.72. The van der Waals surface area contributed by atoms with E-state index in [1.165, 1.54) is 0 Å². The van der Waals surface area contributed by atoms with Gasteiger partial charge in [0.25, 0.3) is 0 Å². The van der Waals surface area contributed by atoms with Crippen molar-refractivity contribution >= 4 is 17.1 Å². The third-order valence-corrected chi connectivity index (χ3v) is 3.21. The van der Waals surface area contributed by atoms with Crippen LogP contribution in [0.3, 0.4) is 0 Å². The number of nitrogens with one attached hydrogen (secondary N) is 2. The molecule has 0 aliphatic heterocycles. The Morgan fingerprint density at radius 1 is 1.50 bits per heavy atom. The molecule has 0 amide bonds. The number of likely N-dealkylation sites (N-methyl/N-ethyl adjacent to an activating group) is 1. The normalized spacial score (nSPS) is 14.3. The lowest BCUT2D eigenvalue weighted by Crippen LogP contribution is -2.32. The van der Waals surface area contributed by atoms with Gasteiger partial charge in [0.1, 0.15) is 0 Å². The topological polar surface area (TPSA) is 116 Å². The number of oxazole rings is 1. The Hall–Kier alpha value is -2.12. The zero-order valence-electron chi connectivity index (χ0n) is 10.9. The number of hydrogen-bond acceptors (Lipinski definition) is 5. The molecule has 0 fully saturated rings. The SMILES string of the molecule is CNC(CCC(=O)O)C(O)c1ccc2[nH]c(=O)oc2c1. The lowest BCUT2D eigenvalue weighted by atomic mass is 9.98. The molecule has 0 saturated carbocycles. The summed E-state index contributed by atoms with van der Waals surface area (Å²) in [6.07, 6.45) is -0.629. The van der Waals surface area contributed by atoms with Gasteiger partial charge in [0, 0.05) is 12.5 Å². The van der Waals surface area contributed by atoms with Crippen molar-refractivity contribution in [2.45, 2.75) is 25.0 Å². The molecule has 1 aromatic carbocycles. The van der Waals surface area contributed by atoms with E-state index in [0.717, 1.165) is 0 Å². The molecule has 1 heterocycles. The standard InChI is InChI=1S/C13H16N2O5/c1-14-9(4-5-11(16)17)12(18)7-2-3-8-10(6-7)20-13(19)15-8/h2-3,6,9,12,14,18H,4-5H2,1H3,(H,15,19)(H,16,17). The first-order chi connectivity index (χ1) is 9.51. The minimum absolute atomic E-state index is 0.0376. The van der Waals surface area contributed by atoms with Crippen molar-refractivity contribution in [3.63, 3.8) is 0 Å². The summed E-state index contributed by atoms with van der Waals surface area (Å²) in [7, 11) is 1.66. The summed E-state index contributed by atoms with van der Waals surface area (Å²) < 4.78 is 4.93. The second kappa shape index (κ2) is 5.89. The van der Waals surface area contributed by atoms with Crippen LogP contribution < -0.4 is 11.1 Å². The van der Waals surface area contributed by atoms with Crippen LogP contribution in [0.1, 0.15) is 24.5 Å². The Kier molecular flexibility index (Phi) is 4.21. The first kappa shape index (κ1) is 14.3. The number of benzene rings is 1. The summed E-state index contributed by atoms with van der Waals surface area (Å²) in [5.41, 5.74) is 1.47. The van der Waals surface area contributed by atoms with Gasteiger partial charge in [-0.1, -0.05) is 6.07 Å². The number of aliphatic hydroxyl groups is 1. The second-order valence-corrected chi connectivity index (χ2v) is 4.54. The maximum absolute atomic E-state index is 11.1. The lowest BCUT2D eigenvalue weighted by molar-refractivity contribution is -0.137. The molecule has 0 spiro atoms. The fourth-order valence-electron chi connectivity index (χ4n) is 2.12. The van der Waals surface area contributed by atoms with E-state index >= 15 is 0 Å². The average molecular weight is 280 g/mol. The fraction of sp³-hybridized carbons (Fsp3) is 0.385. The van der Waals surface area contributed by atoms with Crippen LogP contribution in [-0.4, -0.2) is 34.3 Å². The number of hydrogen-bond donors (Lipinski definition) is 4. The maximum atomic E-state index is 11.1. The molecule has 0 bridgehead atoms. The van der Waals surface area contributed by atoms with Gasteiger partial charge >= 0.3 is 11.7 Å². The molecule has 7 heteroatoms. The van der Waals surface area contributed by atoms with E-state index in [1.54, 1.807) is 25.2 Å². The molecule has 0 radical (unpaired) electrons. The van der Waals surface area contributed by atoms with Gasteiger partial charge in [-0.2, -0.15) is 0 Å². The zero-order chi connectivity index (χ0) is 14.7. The molecule has 2 unspecified atom stereocenters. The fourth-order valence-corrected chi connectivity index (χ4v) is 2.12. The van der Waals surface area contributed by atoms with Crippen LogP contribution >= 0.6 is 0 Å². The van der Waals surface area contributed by atoms with Crippen molar-refractivity contribution in [2.75, 3.05) is 7.05 Å². The minimum atomic E-state index is -0.912. The molecular formula is C13H16N2O5. The third-order valence-electron chi connectivity index (χ3n) is 3.21. The van der Waals surface area contributed by atoms with E-state index in [0.29, 0.717) is 23.1 Å². The molecule has 0 aliphatic carbocycles. The quantitative estimate of drug-likeness (QED) is 0.616. The second-order valence-electron chi connectivity index (χ2n) is 4.54. The van der Waals surface area contributed by atoms with E-state index in [-0.39, 0.29) is 6.42 Å². The average Bonchev–Trinajstić information content (AvgIpc) is 2.77. The molecule has 20 heavy (non-hydrogen) atoms. The molecule has 7 nitrogen and oxygen atoms in total. The van der Waals surface area contributed by atoms with Gasteiger partial charge in [0.15, 0.2) is 5.58 Å². The highest BCUT2D eigenvalue weighted by Crippen LogP contribution is 2.23. The molecule has 108 valence electrons. The summed E-state index contributed by atoms with van der Waals surface area (Å²) in [4.78, 5) is 24.2. The van der Waals surface area contributed by atoms with E-state index in [9.17, 15) is 14.7 Å². The Balaban J connectivity index is 2.21. The Morgan fingerprint density at radius 3 is 2.90 bits per heavy atom. The summed E-state index contributed by atoms with van der Waals surface area (Å²) in [5.74, 6) is -1.47. The van der Waals surface area contributed by atoms with E-state index in [4.69, 9.17) is 9.52 Å². The monoisotopic (exact) mass is 280 g/mol. The molecule has 2 atom stereocenters. The van der Waals surface area contributed by atoms with Gasteiger partial charge in [-0.25, -0.2) is 4.79 Å². The van der Waals surface area contributed by atoms with Crippen LogP contribution in [0, 0.1) is 0 Å².